The second kappa shape index (κ2) is 23.3. The largest absolute Gasteiger partial charge is 0.391 e. The van der Waals surface area contributed by atoms with Gasteiger partial charge in [0.15, 0.2) is 5.67 Å². The fourth-order valence-corrected chi connectivity index (χ4v) is 10.5. The van der Waals surface area contributed by atoms with Crippen LogP contribution in [-0.2, 0) is 25.7 Å². The van der Waals surface area contributed by atoms with Crippen molar-refractivity contribution in [3.63, 3.8) is 0 Å². The molecule has 4 heterocycles. The van der Waals surface area contributed by atoms with Gasteiger partial charge in [-0.1, -0.05) is 57.9 Å². The van der Waals surface area contributed by atoms with Gasteiger partial charge in [-0.15, -0.1) is 11.3 Å². The van der Waals surface area contributed by atoms with Gasteiger partial charge in [-0.25, -0.2) is 14.4 Å². The standard InChI is InChI=1S/C55H69FN10O7S/c1-33-11-10-26-65(33)31-45-61-41-21-20-39(27-43(41)62-45)60-50(70)38-18-16-37(17-19-38)49(69)58-25-9-7-6-8-24-57-46(68)29-42(35-12-14-36(15-13-35)47-34(2)59-32-74-47)63-51(71)44-28-40(67)30-66(44)52(72)48(54(3,4)5)64-53(73)55(56)22-23-55/h12-21,27,32-33,40,42,44,48,67H,6-11,22-26,28-31H2,1-5H3,(H,57,68)(H,58,69)(H,60,70)(H,61,62)(H,63,71)(H,64,73)/t33-,40+,42-,44-,48+/m0/s1. The first-order valence-electron chi connectivity index (χ1n) is 25.8. The molecule has 5 atom stereocenters. The van der Waals surface area contributed by atoms with Gasteiger partial charge in [0.2, 0.25) is 17.7 Å². The monoisotopic (exact) mass is 1030 g/mol. The molecule has 0 bridgehead atoms. The molecule has 1 saturated carbocycles. The number of hydrogen-bond donors (Lipinski definition) is 7. The molecule has 3 aromatic carbocycles. The summed E-state index contributed by atoms with van der Waals surface area (Å²) in [6, 6.07) is 17.1. The van der Waals surface area contributed by atoms with Crippen LogP contribution in [0.5, 0.6) is 0 Å². The molecule has 0 radical (unpaired) electrons. The second-order valence-corrected chi connectivity index (χ2v) is 22.1. The van der Waals surface area contributed by atoms with Crippen LogP contribution in [0.3, 0.4) is 0 Å². The summed E-state index contributed by atoms with van der Waals surface area (Å²) in [4.78, 5) is 97.7. The van der Waals surface area contributed by atoms with Crippen LogP contribution in [0.2, 0.25) is 0 Å². The van der Waals surface area contributed by atoms with Crippen LogP contribution in [0, 0.1) is 12.3 Å². The van der Waals surface area contributed by atoms with Gasteiger partial charge in [0, 0.05) is 48.9 Å². The molecule has 19 heteroatoms. The molecule has 0 unspecified atom stereocenters. The average Bonchev–Trinajstić information content (AvgIpc) is 3.76. The number of aromatic nitrogens is 3. The number of thiazole rings is 1. The van der Waals surface area contributed by atoms with E-state index in [2.05, 4.69) is 48.4 Å². The number of β-amino-alcohol motifs (C(OH)–C–C–N with tert-alkyl or cyclic N) is 1. The fraction of sp³-hybridized carbons (Fsp3) is 0.491. The quantitative estimate of drug-likeness (QED) is 0.0377. The van der Waals surface area contributed by atoms with Crippen LogP contribution in [-0.4, -0.2) is 121 Å². The van der Waals surface area contributed by atoms with Gasteiger partial charge < -0.3 is 41.6 Å². The molecule has 6 amide bonds. The highest BCUT2D eigenvalue weighted by Gasteiger charge is 2.53. The number of aryl methyl sites for hydroxylation is 1. The number of imidazole rings is 1. The molecule has 394 valence electrons. The van der Waals surface area contributed by atoms with Gasteiger partial charge in [0.25, 0.3) is 17.7 Å². The number of alkyl halides is 1. The molecule has 1 aliphatic carbocycles. The molecule has 7 N–H and O–H groups in total. The number of aliphatic hydroxyl groups is 1. The number of H-pyrrole nitrogens is 1. The first-order valence-corrected chi connectivity index (χ1v) is 26.7. The lowest BCUT2D eigenvalue weighted by Gasteiger charge is -2.36. The first kappa shape index (κ1) is 53.7. The third-order valence-corrected chi connectivity index (χ3v) is 15.3. The van der Waals surface area contributed by atoms with Crippen molar-refractivity contribution in [3.8, 4) is 10.4 Å². The Labute approximate surface area is 435 Å². The predicted octanol–water partition coefficient (Wildman–Crippen LogP) is 6.88. The number of carbonyl (C=O) groups is 6. The van der Waals surface area contributed by atoms with E-state index < -0.39 is 53.0 Å². The third kappa shape index (κ3) is 13.4. The Morgan fingerprint density at radius 1 is 0.905 bits per heavy atom. The van der Waals surface area contributed by atoms with E-state index in [4.69, 9.17) is 4.98 Å². The van der Waals surface area contributed by atoms with Crippen molar-refractivity contribution in [2.24, 2.45) is 5.41 Å². The van der Waals surface area contributed by atoms with Gasteiger partial charge in [-0.2, -0.15) is 0 Å². The maximum absolute atomic E-state index is 14.7. The van der Waals surface area contributed by atoms with Gasteiger partial charge in [-0.05, 0) is 118 Å². The number of benzene rings is 3. The average molecular weight is 1030 g/mol. The Morgan fingerprint density at radius 2 is 1.59 bits per heavy atom. The maximum Gasteiger partial charge on any atom is 0.258 e. The Balaban J connectivity index is 0.784. The summed E-state index contributed by atoms with van der Waals surface area (Å²) in [6.45, 7) is 11.9. The van der Waals surface area contributed by atoms with Gasteiger partial charge >= 0.3 is 0 Å². The van der Waals surface area contributed by atoms with Crippen LogP contribution in [0.15, 0.2) is 72.2 Å². The van der Waals surface area contributed by atoms with Crippen LogP contribution in [0.4, 0.5) is 10.1 Å². The molecule has 17 nitrogen and oxygen atoms in total. The van der Waals surface area contributed by atoms with Gasteiger partial charge in [0.05, 0.1) is 52.2 Å². The van der Waals surface area contributed by atoms with Crippen LogP contribution in [0.25, 0.3) is 21.5 Å². The minimum Gasteiger partial charge on any atom is -0.391 e. The van der Waals surface area contributed by atoms with E-state index >= 15 is 0 Å². The number of fused-ring (bicyclic) bond motifs is 1. The molecule has 0 spiro atoms. The zero-order valence-corrected chi connectivity index (χ0v) is 43.7. The summed E-state index contributed by atoms with van der Waals surface area (Å²) in [5, 5.41) is 25.2. The molecule has 74 heavy (non-hydrogen) atoms. The van der Waals surface area contributed by atoms with Crippen molar-refractivity contribution in [2.75, 3.05) is 31.5 Å². The van der Waals surface area contributed by atoms with Gasteiger partial charge in [0.1, 0.15) is 17.9 Å². The summed E-state index contributed by atoms with van der Waals surface area (Å²) >= 11 is 1.51. The first-order chi connectivity index (χ1) is 35.3. The SMILES string of the molecule is Cc1ncsc1-c1ccc([C@H](CC(=O)NCCCCCCNC(=O)c2ccc(C(=O)Nc3ccc4[nH]c(CN5CCC[C@@H]5C)nc4c3)cc2)NC(=O)[C@@H]2C[C@@H](O)CN2C(=O)[C@@H](NC(=O)C2(F)CC2)C(C)(C)C)cc1. The minimum atomic E-state index is -2.01. The number of aliphatic hydroxyl groups excluding tert-OH is 1. The van der Waals surface area contributed by atoms with Crippen LogP contribution >= 0.6 is 11.3 Å². The zero-order chi connectivity index (χ0) is 52.7. The number of nitrogens with one attached hydrogen (secondary N) is 6. The maximum atomic E-state index is 14.7. The molecule has 2 saturated heterocycles. The molecule has 3 aliphatic rings. The van der Waals surface area contributed by atoms with Crippen molar-refractivity contribution in [1.29, 1.82) is 0 Å². The lowest BCUT2D eigenvalue weighted by Crippen LogP contribution is -2.59. The number of unbranched alkanes of at least 4 members (excludes halogenated alkanes) is 3. The van der Waals surface area contributed by atoms with Crippen molar-refractivity contribution >= 4 is 63.5 Å². The van der Waals surface area contributed by atoms with E-state index in [1.54, 1.807) is 50.5 Å². The lowest BCUT2D eigenvalue weighted by atomic mass is 9.85. The summed E-state index contributed by atoms with van der Waals surface area (Å²) in [5.41, 5.74) is 4.58. The summed E-state index contributed by atoms with van der Waals surface area (Å²) in [6.07, 6.45) is 4.38. The topological polar surface area (TPSA) is 231 Å². The highest BCUT2D eigenvalue weighted by Crippen LogP contribution is 2.40. The van der Waals surface area contributed by atoms with E-state index in [-0.39, 0.29) is 49.9 Å². The van der Waals surface area contributed by atoms with E-state index in [0.717, 1.165) is 65.3 Å². The van der Waals surface area contributed by atoms with E-state index in [1.807, 2.05) is 49.4 Å². The van der Waals surface area contributed by atoms with Crippen molar-refractivity contribution in [1.82, 2.24) is 46.0 Å². The smallest absolute Gasteiger partial charge is 0.258 e. The van der Waals surface area contributed by atoms with Crippen molar-refractivity contribution in [3.05, 3.63) is 100 Å². The molecular formula is C55H69FN10O7S. The van der Waals surface area contributed by atoms with Crippen LogP contribution in [0.1, 0.15) is 136 Å². The Bertz CT molecular complexity index is 2820. The third-order valence-electron chi connectivity index (χ3n) is 14.3. The molecular weight excluding hydrogens is 964 g/mol. The minimum absolute atomic E-state index is 0.0549. The Morgan fingerprint density at radius 3 is 2.23 bits per heavy atom. The number of halogens is 1. The number of likely N-dealkylation sites (tertiary alicyclic amines) is 2. The highest BCUT2D eigenvalue weighted by atomic mass is 32.1. The number of rotatable bonds is 21. The highest BCUT2D eigenvalue weighted by molar-refractivity contribution is 7.13. The van der Waals surface area contributed by atoms with Crippen molar-refractivity contribution < 1.29 is 38.3 Å². The zero-order valence-electron chi connectivity index (χ0n) is 42.9. The molecule has 5 aromatic rings. The number of carbonyl (C=O) groups excluding carboxylic acids is 6. The molecule has 2 aliphatic heterocycles. The summed E-state index contributed by atoms with van der Waals surface area (Å²) in [5.74, 6) is -1.96. The number of amides is 6. The molecule has 2 aromatic heterocycles. The van der Waals surface area contributed by atoms with Crippen molar-refractivity contribution in [2.45, 2.75) is 141 Å². The Hall–Kier alpha value is -6.57. The summed E-state index contributed by atoms with van der Waals surface area (Å²) < 4.78 is 14.7. The number of nitrogens with zero attached hydrogens (tertiary/aromatic N) is 4. The number of anilines is 1. The Kier molecular flexibility index (Phi) is 16.9. The fourth-order valence-electron chi connectivity index (χ4n) is 9.68. The molecule has 3 fully saturated rings. The molecule has 8 rings (SSSR count). The van der Waals surface area contributed by atoms with E-state index in [0.29, 0.717) is 47.9 Å². The normalized spacial score (nSPS) is 19.2. The van der Waals surface area contributed by atoms with E-state index in [1.165, 1.54) is 29.1 Å². The van der Waals surface area contributed by atoms with E-state index in [9.17, 15) is 38.3 Å². The lowest BCUT2D eigenvalue weighted by molar-refractivity contribution is -0.145. The second-order valence-electron chi connectivity index (χ2n) is 21.2. The number of hydrogen-bond acceptors (Lipinski definition) is 11. The van der Waals surface area contributed by atoms with Gasteiger partial charge in [-0.3, -0.25) is 33.7 Å². The summed E-state index contributed by atoms with van der Waals surface area (Å²) in [7, 11) is 0. The van der Waals surface area contributed by atoms with Crippen LogP contribution < -0.4 is 26.6 Å². The predicted molar refractivity (Wildman–Crippen MR) is 282 cm³/mol. The number of aromatic amines is 1.